The molecule has 15 heavy (non-hydrogen) atoms. The van der Waals surface area contributed by atoms with Crippen LogP contribution in [0.3, 0.4) is 0 Å². The smallest absolute Gasteiger partial charge is 0.410 e. The molecule has 5 heteroatoms. The lowest BCUT2D eigenvalue weighted by Crippen LogP contribution is -2.44. The predicted molar refractivity (Wildman–Crippen MR) is 65.9 cm³/mol. The number of carbonyl (C=O) groups excluding carboxylic acids is 1. The second kappa shape index (κ2) is 5.34. The Morgan fingerprint density at radius 1 is 1.47 bits per heavy atom. The van der Waals surface area contributed by atoms with Gasteiger partial charge in [-0.3, -0.25) is 0 Å². The Labute approximate surface area is 105 Å². The molecule has 0 aromatic heterocycles. The van der Waals surface area contributed by atoms with Crippen LogP contribution in [0.2, 0.25) is 0 Å². The Morgan fingerprint density at radius 3 is 2.67 bits per heavy atom. The molecule has 1 unspecified atom stereocenters. The van der Waals surface area contributed by atoms with Gasteiger partial charge in [-0.25, -0.2) is 4.79 Å². The van der Waals surface area contributed by atoms with Crippen molar-refractivity contribution < 1.29 is 12.6 Å². The highest BCUT2D eigenvalue weighted by molar-refractivity contribution is 14.1. The molecule has 1 amide bonds. The van der Waals surface area contributed by atoms with E-state index in [9.17, 15) is 4.79 Å². The number of likely N-dealkylation sites (tertiary alicyclic amines) is 1. The van der Waals surface area contributed by atoms with Crippen molar-refractivity contribution in [2.24, 2.45) is 0 Å². The van der Waals surface area contributed by atoms with Gasteiger partial charge in [0.25, 0.3) is 0 Å². The van der Waals surface area contributed by atoms with Crippen molar-refractivity contribution in [3.63, 3.8) is 0 Å². The Balaban J connectivity index is 2.45. The zero-order valence-electron chi connectivity index (χ0n) is 9.46. The molecule has 1 atom stereocenters. The molecule has 0 spiro atoms. The first kappa shape index (κ1) is 13.0. The molecule has 0 aliphatic carbocycles. The van der Waals surface area contributed by atoms with Gasteiger partial charge in [-0.05, 0) is 33.6 Å². The Hall–Kier alpha value is -0.0400. The largest absolute Gasteiger partial charge is 0.444 e. The van der Waals surface area contributed by atoms with Gasteiger partial charge in [-0.15, -0.1) is 0 Å². The molecular formula is C10H18INO3. The van der Waals surface area contributed by atoms with Crippen molar-refractivity contribution in [3.8, 4) is 0 Å². The Bertz CT molecular complexity index is 227. The van der Waals surface area contributed by atoms with Crippen LogP contribution in [0.15, 0.2) is 0 Å². The van der Waals surface area contributed by atoms with Crippen LogP contribution in [0.25, 0.3) is 0 Å². The summed E-state index contributed by atoms with van der Waals surface area (Å²) in [4.78, 5) is 13.4. The molecule has 88 valence electrons. The summed E-state index contributed by atoms with van der Waals surface area (Å²) in [6.07, 6.45) is 1.90. The van der Waals surface area contributed by atoms with Crippen LogP contribution in [0, 0.1) is 0 Å². The third kappa shape index (κ3) is 4.55. The molecule has 1 aliphatic heterocycles. The number of carbonyl (C=O) groups is 1. The second-order valence-corrected chi connectivity index (χ2v) is 5.29. The molecule has 0 aromatic rings. The van der Waals surface area contributed by atoms with E-state index in [0.717, 1.165) is 19.4 Å². The maximum Gasteiger partial charge on any atom is 0.410 e. The minimum Gasteiger partial charge on any atom is -0.444 e. The fourth-order valence-electron chi connectivity index (χ4n) is 1.50. The van der Waals surface area contributed by atoms with Gasteiger partial charge in [0.15, 0.2) is 0 Å². The summed E-state index contributed by atoms with van der Waals surface area (Å²) >= 11 is 1.89. The highest BCUT2D eigenvalue weighted by Crippen LogP contribution is 2.18. The Morgan fingerprint density at radius 2 is 2.13 bits per heavy atom. The van der Waals surface area contributed by atoms with E-state index in [1.165, 1.54) is 0 Å². The van der Waals surface area contributed by atoms with Gasteiger partial charge in [0.2, 0.25) is 0 Å². The summed E-state index contributed by atoms with van der Waals surface area (Å²) in [5.41, 5.74) is -0.421. The van der Waals surface area contributed by atoms with Gasteiger partial charge < -0.3 is 12.7 Å². The fourth-order valence-corrected chi connectivity index (χ4v) is 1.92. The number of nitrogens with zero attached hydrogens (tertiary/aromatic N) is 1. The zero-order valence-corrected chi connectivity index (χ0v) is 11.6. The summed E-state index contributed by atoms with van der Waals surface area (Å²) in [5, 5.41) is 0. The van der Waals surface area contributed by atoms with E-state index in [-0.39, 0.29) is 12.2 Å². The molecule has 1 saturated heterocycles. The van der Waals surface area contributed by atoms with Crippen LogP contribution in [0.1, 0.15) is 33.6 Å². The summed E-state index contributed by atoms with van der Waals surface area (Å²) in [7, 11) is 0. The van der Waals surface area contributed by atoms with Crippen molar-refractivity contribution in [1.29, 1.82) is 0 Å². The number of hydrogen-bond donors (Lipinski definition) is 0. The molecule has 4 nitrogen and oxygen atoms in total. The maximum absolute atomic E-state index is 11.7. The molecule has 0 saturated carbocycles. The summed E-state index contributed by atoms with van der Waals surface area (Å²) in [6.45, 7) is 7.03. The molecule has 0 N–H and O–H groups in total. The molecule has 0 bridgehead atoms. The minimum absolute atomic E-state index is 0.145. The number of rotatable bonds is 1. The number of piperidine rings is 1. The van der Waals surface area contributed by atoms with Crippen LogP contribution in [0.5, 0.6) is 0 Å². The minimum atomic E-state index is -0.421. The van der Waals surface area contributed by atoms with Gasteiger partial charge in [0.05, 0.1) is 12.6 Å². The molecular weight excluding hydrogens is 309 g/mol. The fraction of sp³-hybridized carbons (Fsp3) is 0.900. The van der Waals surface area contributed by atoms with Crippen molar-refractivity contribution in [1.82, 2.24) is 4.90 Å². The highest BCUT2D eigenvalue weighted by atomic mass is 127. The van der Waals surface area contributed by atoms with E-state index >= 15 is 0 Å². The van der Waals surface area contributed by atoms with Gasteiger partial charge in [0.1, 0.15) is 28.6 Å². The monoisotopic (exact) mass is 327 g/mol. The molecule has 1 fully saturated rings. The molecule has 1 rings (SSSR count). The average Bonchev–Trinajstić information content (AvgIpc) is 2.15. The predicted octanol–water partition coefficient (Wildman–Crippen LogP) is 2.75. The number of hydrogen-bond acceptors (Lipinski definition) is 3. The molecule has 0 radical (unpaired) electrons. The lowest BCUT2D eigenvalue weighted by Gasteiger charge is -2.32. The SMILES string of the molecule is CC(C)(C)OC(=O)N1CCCC(OI)C1. The quantitative estimate of drug-likeness (QED) is 0.695. The number of amides is 1. The van der Waals surface area contributed by atoms with E-state index in [0.29, 0.717) is 6.54 Å². The van der Waals surface area contributed by atoms with Crippen molar-refractivity contribution in [3.05, 3.63) is 0 Å². The molecule has 1 aliphatic rings. The first-order valence-electron chi connectivity index (χ1n) is 5.17. The first-order chi connectivity index (χ1) is 6.92. The van der Waals surface area contributed by atoms with Crippen molar-refractivity contribution in [2.45, 2.75) is 45.3 Å². The molecule has 1 heterocycles. The van der Waals surface area contributed by atoms with Crippen LogP contribution in [-0.2, 0) is 7.80 Å². The van der Waals surface area contributed by atoms with Crippen LogP contribution in [0.4, 0.5) is 4.79 Å². The van der Waals surface area contributed by atoms with Crippen LogP contribution >= 0.6 is 23.0 Å². The highest BCUT2D eigenvalue weighted by Gasteiger charge is 2.27. The van der Waals surface area contributed by atoms with E-state index in [1.807, 2.05) is 43.8 Å². The average molecular weight is 327 g/mol. The van der Waals surface area contributed by atoms with Crippen molar-refractivity contribution in [2.75, 3.05) is 13.1 Å². The second-order valence-electron chi connectivity index (χ2n) is 4.78. The van der Waals surface area contributed by atoms with Gasteiger partial charge in [-0.1, -0.05) is 0 Å². The zero-order chi connectivity index (χ0) is 11.5. The normalized spacial score (nSPS) is 22.7. The van der Waals surface area contributed by atoms with Crippen LogP contribution < -0.4 is 0 Å². The van der Waals surface area contributed by atoms with E-state index in [1.54, 1.807) is 4.90 Å². The van der Waals surface area contributed by atoms with E-state index in [2.05, 4.69) is 0 Å². The van der Waals surface area contributed by atoms with Gasteiger partial charge in [0, 0.05) is 6.54 Å². The van der Waals surface area contributed by atoms with E-state index in [4.69, 9.17) is 7.80 Å². The first-order valence-corrected chi connectivity index (χ1v) is 6.06. The van der Waals surface area contributed by atoms with Gasteiger partial charge >= 0.3 is 6.09 Å². The standard InChI is InChI=1S/C10H18INO3/c1-10(2,3)14-9(13)12-6-4-5-8(7-12)15-11/h8H,4-7H2,1-3H3. The third-order valence-corrected chi connectivity index (χ3v) is 2.88. The summed E-state index contributed by atoms with van der Waals surface area (Å²) in [6, 6.07) is 0. The molecule has 0 aromatic carbocycles. The summed E-state index contributed by atoms with van der Waals surface area (Å²) in [5.74, 6) is 0. The van der Waals surface area contributed by atoms with E-state index < -0.39 is 5.60 Å². The maximum atomic E-state index is 11.7. The van der Waals surface area contributed by atoms with Crippen molar-refractivity contribution >= 4 is 29.1 Å². The lowest BCUT2D eigenvalue weighted by molar-refractivity contribution is 0.0120. The topological polar surface area (TPSA) is 38.8 Å². The summed E-state index contributed by atoms with van der Waals surface area (Å²) < 4.78 is 10.5. The Kier molecular flexibility index (Phi) is 4.64. The van der Waals surface area contributed by atoms with Gasteiger partial charge in [-0.2, -0.15) is 0 Å². The number of ether oxygens (including phenoxy) is 1. The van der Waals surface area contributed by atoms with Crippen LogP contribution in [-0.4, -0.2) is 35.8 Å². The number of halogens is 1. The lowest BCUT2D eigenvalue weighted by atomic mass is 10.1. The third-order valence-electron chi connectivity index (χ3n) is 2.16.